The van der Waals surface area contributed by atoms with Crippen molar-refractivity contribution in [1.82, 2.24) is 14.9 Å². The first-order valence-corrected chi connectivity index (χ1v) is 7.70. The Balaban J connectivity index is 1.59. The Labute approximate surface area is 135 Å². The molecule has 1 atom stereocenters. The third-order valence-corrected chi connectivity index (χ3v) is 4.29. The van der Waals surface area contributed by atoms with Crippen molar-refractivity contribution in [2.24, 2.45) is 0 Å². The van der Waals surface area contributed by atoms with Gasteiger partial charge in [-0.2, -0.15) is 0 Å². The summed E-state index contributed by atoms with van der Waals surface area (Å²) in [6.07, 6.45) is 4.40. The number of ether oxygens (including phenoxy) is 1. The Hall–Kier alpha value is -1.85. The van der Waals surface area contributed by atoms with E-state index in [1.165, 1.54) is 0 Å². The molecule has 1 aromatic heterocycles. The lowest BCUT2D eigenvalue weighted by Crippen LogP contribution is -2.26. The zero-order valence-corrected chi connectivity index (χ0v) is 13.3. The van der Waals surface area contributed by atoms with Crippen molar-refractivity contribution in [3.63, 3.8) is 0 Å². The highest BCUT2D eigenvalue weighted by Crippen LogP contribution is 2.29. The van der Waals surface area contributed by atoms with Crippen molar-refractivity contribution < 1.29 is 4.74 Å². The molecule has 1 aliphatic rings. The quantitative estimate of drug-likeness (QED) is 0.918. The Kier molecular flexibility index (Phi) is 4.75. The van der Waals surface area contributed by atoms with E-state index in [4.69, 9.17) is 16.3 Å². The lowest BCUT2D eigenvalue weighted by Gasteiger charge is -2.18. The Morgan fingerprint density at radius 3 is 3.09 bits per heavy atom. The second-order valence-corrected chi connectivity index (χ2v) is 5.77. The number of benzene rings is 1. The lowest BCUT2D eigenvalue weighted by atomic mass is 10.2. The standard InChI is InChI=1S/C16H19ClN4O/c1-22-14-4-2-3-12(16(14)17)9-21-8-6-13(10-21)20-15-5-7-18-11-19-15/h2-5,7,11,13H,6,8-10H2,1H3,(H,18,19,20). The molecule has 22 heavy (non-hydrogen) atoms. The van der Waals surface area contributed by atoms with Crippen LogP contribution in [0.2, 0.25) is 5.02 Å². The molecular formula is C16H19ClN4O. The first kappa shape index (κ1) is 15.1. The van der Waals surface area contributed by atoms with E-state index in [2.05, 4.69) is 26.3 Å². The fourth-order valence-electron chi connectivity index (χ4n) is 2.76. The highest BCUT2D eigenvalue weighted by atomic mass is 35.5. The number of nitrogens with one attached hydrogen (secondary N) is 1. The van der Waals surface area contributed by atoms with Crippen LogP contribution in [0.15, 0.2) is 36.8 Å². The molecule has 5 nitrogen and oxygen atoms in total. The lowest BCUT2D eigenvalue weighted by molar-refractivity contribution is 0.327. The van der Waals surface area contributed by atoms with Gasteiger partial charge in [-0.15, -0.1) is 0 Å². The average Bonchev–Trinajstić information content (AvgIpc) is 2.97. The van der Waals surface area contributed by atoms with E-state index < -0.39 is 0 Å². The smallest absolute Gasteiger partial charge is 0.137 e. The van der Waals surface area contributed by atoms with E-state index in [0.29, 0.717) is 11.1 Å². The molecule has 2 aromatic rings. The topological polar surface area (TPSA) is 50.3 Å². The van der Waals surface area contributed by atoms with Gasteiger partial charge in [0.2, 0.25) is 0 Å². The maximum atomic E-state index is 6.37. The minimum atomic E-state index is 0.402. The molecule has 0 bridgehead atoms. The molecule has 0 saturated carbocycles. The van der Waals surface area contributed by atoms with Crippen LogP contribution >= 0.6 is 11.6 Å². The minimum Gasteiger partial charge on any atom is -0.495 e. The van der Waals surface area contributed by atoms with Gasteiger partial charge < -0.3 is 10.1 Å². The van der Waals surface area contributed by atoms with Gasteiger partial charge in [-0.05, 0) is 24.1 Å². The SMILES string of the molecule is COc1cccc(CN2CCC(Nc3ccncn3)C2)c1Cl. The first-order chi connectivity index (χ1) is 10.8. The van der Waals surface area contributed by atoms with Gasteiger partial charge in [0.25, 0.3) is 0 Å². The van der Waals surface area contributed by atoms with Crippen molar-refractivity contribution in [2.45, 2.75) is 19.0 Å². The van der Waals surface area contributed by atoms with E-state index in [0.717, 1.165) is 43.2 Å². The minimum absolute atomic E-state index is 0.402. The highest BCUT2D eigenvalue weighted by Gasteiger charge is 2.23. The van der Waals surface area contributed by atoms with Crippen LogP contribution in [0.1, 0.15) is 12.0 Å². The summed E-state index contributed by atoms with van der Waals surface area (Å²) in [6, 6.07) is 8.21. The second kappa shape index (κ2) is 6.94. The Morgan fingerprint density at radius 1 is 1.41 bits per heavy atom. The molecule has 0 aliphatic carbocycles. The molecular weight excluding hydrogens is 300 g/mol. The Bertz CT molecular complexity index is 623. The van der Waals surface area contributed by atoms with E-state index >= 15 is 0 Å². The Morgan fingerprint density at radius 2 is 2.32 bits per heavy atom. The molecule has 3 rings (SSSR count). The van der Waals surface area contributed by atoms with Crippen LogP contribution in [0.4, 0.5) is 5.82 Å². The van der Waals surface area contributed by atoms with Gasteiger partial charge in [-0.3, -0.25) is 4.90 Å². The third kappa shape index (κ3) is 3.48. The number of halogens is 1. The normalized spacial score (nSPS) is 18.4. The van der Waals surface area contributed by atoms with Crippen molar-refractivity contribution in [3.8, 4) is 5.75 Å². The summed E-state index contributed by atoms with van der Waals surface area (Å²) in [5.74, 6) is 1.61. The number of hydrogen-bond acceptors (Lipinski definition) is 5. The predicted molar refractivity (Wildman–Crippen MR) is 87.3 cm³/mol. The molecule has 1 fully saturated rings. The van der Waals surface area contributed by atoms with Crippen molar-refractivity contribution in [2.75, 3.05) is 25.5 Å². The number of aromatic nitrogens is 2. The number of methoxy groups -OCH3 is 1. The zero-order valence-electron chi connectivity index (χ0n) is 12.5. The molecule has 1 saturated heterocycles. The van der Waals surface area contributed by atoms with E-state index in [1.807, 2.05) is 18.2 Å². The van der Waals surface area contributed by atoms with Gasteiger partial charge in [-0.25, -0.2) is 9.97 Å². The third-order valence-electron chi connectivity index (χ3n) is 3.86. The summed E-state index contributed by atoms with van der Waals surface area (Å²) in [7, 11) is 1.64. The number of hydrogen-bond donors (Lipinski definition) is 1. The maximum absolute atomic E-state index is 6.37. The van der Waals surface area contributed by atoms with Crippen LogP contribution < -0.4 is 10.1 Å². The van der Waals surface area contributed by atoms with E-state index in [9.17, 15) is 0 Å². The van der Waals surface area contributed by atoms with Crippen LogP contribution in [-0.4, -0.2) is 41.1 Å². The summed E-state index contributed by atoms with van der Waals surface area (Å²) in [6.45, 7) is 2.84. The van der Waals surface area contributed by atoms with Crippen LogP contribution in [0, 0.1) is 0 Å². The van der Waals surface area contributed by atoms with Gasteiger partial charge in [-0.1, -0.05) is 23.7 Å². The number of nitrogens with zero attached hydrogens (tertiary/aromatic N) is 3. The molecule has 2 heterocycles. The van der Waals surface area contributed by atoms with Gasteiger partial charge in [0.15, 0.2) is 0 Å². The van der Waals surface area contributed by atoms with Crippen LogP contribution in [-0.2, 0) is 6.54 Å². The molecule has 116 valence electrons. The van der Waals surface area contributed by atoms with Crippen LogP contribution in [0.25, 0.3) is 0 Å². The summed E-state index contributed by atoms with van der Waals surface area (Å²) in [5.41, 5.74) is 1.10. The molecule has 6 heteroatoms. The molecule has 1 aromatic carbocycles. The number of anilines is 1. The van der Waals surface area contributed by atoms with Crippen molar-refractivity contribution in [1.29, 1.82) is 0 Å². The predicted octanol–water partition coefficient (Wildman–Crippen LogP) is 2.83. The van der Waals surface area contributed by atoms with Gasteiger partial charge in [0.05, 0.1) is 12.1 Å². The summed E-state index contributed by atoms with van der Waals surface area (Å²) in [5, 5.41) is 4.15. The monoisotopic (exact) mass is 318 g/mol. The molecule has 0 spiro atoms. The number of likely N-dealkylation sites (tertiary alicyclic amines) is 1. The van der Waals surface area contributed by atoms with Crippen LogP contribution in [0.3, 0.4) is 0 Å². The fraction of sp³-hybridized carbons (Fsp3) is 0.375. The average molecular weight is 319 g/mol. The molecule has 0 radical (unpaired) electrons. The van der Waals surface area contributed by atoms with Crippen molar-refractivity contribution >= 4 is 17.4 Å². The summed E-state index contributed by atoms with van der Waals surface area (Å²) < 4.78 is 5.27. The van der Waals surface area contributed by atoms with E-state index in [-0.39, 0.29) is 0 Å². The molecule has 1 unspecified atom stereocenters. The zero-order chi connectivity index (χ0) is 15.4. The highest BCUT2D eigenvalue weighted by molar-refractivity contribution is 6.32. The van der Waals surface area contributed by atoms with Gasteiger partial charge in [0, 0.05) is 31.9 Å². The second-order valence-electron chi connectivity index (χ2n) is 5.39. The summed E-state index contributed by atoms with van der Waals surface area (Å²) in [4.78, 5) is 10.5. The van der Waals surface area contributed by atoms with Gasteiger partial charge in [0.1, 0.15) is 17.9 Å². The number of rotatable bonds is 5. The molecule has 1 N–H and O–H groups in total. The van der Waals surface area contributed by atoms with Gasteiger partial charge >= 0.3 is 0 Å². The maximum Gasteiger partial charge on any atom is 0.137 e. The largest absolute Gasteiger partial charge is 0.495 e. The molecule has 1 aliphatic heterocycles. The van der Waals surface area contributed by atoms with E-state index in [1.54, 1.807) is 19.6 Å². The summed E-state index contributed by atoms with van der Waals surface area (Å²) >= 11 is 6.37. The van der Waals surface area contributed by atoms with Crippen molar-refractivity contribution in [3.05, 3.63) is 47.4 Å². The molecule has 0 amide bonds. The first-order valence-electron chi connectivity index (χ1n) is 7.32. The van der Waals surface area contributed by atoms with Crippen LogP contribution in [0.5, 0.6) is 5.75 Å². The fourth-order valence-corrected chi connectivity index (χ4v) is 3.02.